The molecule has 0 atom stereocenters. The third kappa shape index (κ3) is 6.68. The average Bonchev–Trinajstić information content (AvgIpc) is 2.60. The molecule has 0 heterocycles. The minimum absolute atomic E-state index is 0.0793. The summed E-state index contributed by atoms with van der Waals surface area (Å²) < 4.78 is 30.0. The molecule has 0 aliphatic heterocycles. The molecular weight excluding hydrogens is 380 g/mol. The fraction of sp³-hybridized carbons (Fsp3) is 0.222. The number of para-hydroxylation sites is 1. The van der Waals surface area contributed by atoms with Crippen molar-refractivity contribution >= 4 is 41.1 Å². The molecule has 2 aromatic rings. The molecule has 1 N–H and O–H groups in total. The van der Waals surface area contributed by atoms with E-state index in [-0.39, 0.29) is 16.3 Å². The van der Waals surface area contributed by atoms with Gasteiger partial charge in [0.25, 0.3) is 11.7 Å². The van der Waals surface area contributed by atoms with Gasteiger partial charge < -0.3 is 10.1 Å². The summed E-state index contributed by atoms with van der Waals surface area (Å²) >= 11 is 1.67. The Balaban J connectivity index is 1.80. The van der Waals surface area contributed by atoms with Gasteiger partial charge in [0.1, 0.15) is 0 Å². The van der Waals surface area contributed by atoms with E-state index < -0.39 is 24.2 Å². The molecule has 0 radical (unpaired) electrons. The highest BCUT2D eigenvalue weighted by molar-refractivity contribution is 8.00. The number of alkyl halides is 2. The van der Waals surface area contributed by atoms with Crippen molar-refractivity contribution in [2.45, 2.75) is 22.5 Å². The molecule has 8 heteroatoms. The minimum Gasteiger partial charge on any atom is -0.455 e. The molecule has 2 aromatic carbocycles. The van der Waals surface area contributed by atoms with E-state index in [2.05, 4.69) is 5.32 Å². The number of ether oxygens (including phenoxy) is 1. The van der Waals surface area contributed by atoms with Gasteiger partial charge in [0.05, 0.1) is 11.4 Å². The number of amides is 1. The van der Waals surface area contributed by atoms with Crippen molar-refractivity contribution in [3.63, 3.8) is 0 Å². The van der Waals surface area contributed by atoms with Crippen LogP contribution in [0.5, 0.6) is 0 Å². The molecule has 0 aliphatic rings. The molecule has 0 fully saturated rings. The summed E-state index contributed by atoms with van der Waals surface area (Å²) in [6.07, 6.45) is 0. The summed E-state index contributed by atoms with van der Waals surface area (Å²) in [5.41, 5.74) is 1.31. The van der Waals surface area contributed by atoms with E-state index in [1.807, 2.05) is 31.2 Å². The lowest BCUT2D eigenvalue weighted by atomic mass is 10.2. The fourth-order valence-corrected chi connectivity index (χ4v) is 3.42. The lowest BCUT2D eigenvalue weighted by Crippen LogP contribution is -2.22. The first-order valence-corrected chi connectivity index (χ1v) is 9.50. The zero-order valence-electron chi connectivity index (χ0n) is 13.9. The smallest absolute Gasteiger partial charge is 0.316 e. The number of hydrogen-bond donors (Lipinski definition) is 1. The fourth-order valence-electron chi connectivity index (χ4n) is 2.00. The second-order valence-corrected chi connectivity index (χ2v) is 7.19. The predicted molar refractivity (Wildman–Crippen MR) is 99.8 cm³/mol. The van der Waals surface area contributed by atoms with Gasteiger partial charge in [-0.2, -0.15) is 8.78 Å². The van der Waals surface area contributed by atoms with E-state index >= 15 is 0 Å². The monoisotopic (exact) mass is 397 g/mol. The van der Waals surface area contributed by atoms with Crippen LogP contribution < -0.4 is 5.32 Å². The molecule has 4 nitrogen and oxygen atoms in total. The molecule has 138 valence electrons. The zero-order valence-corrected chi connectivity index (χ0v) is 15.5. The molecule has 26 heavy (non-hydrogen) atoms. The van der Waals surface area contributed by atoms with E-state index in [1.165, 1.54) is 23.9 Å². The van der Waals surface area contributed by atoms with Crippen LogP contribution in [0.15, 0.2) is 58.3 Å². The van der Waals surface area contributed by atoms with Gasteiger partial charge in [0, 0.05) is 9.79 Å². The molecule has 0 saturated carbocycles. The molecule has 0 aliphatic carbocycles. The lowest BCUT2D eigenvalue weighted by molar-refractivity contribution is -0.144. The first-order valence-electron chi connectivity index (χ1n) is 7.63. The lowest BCUT2D eigenvalue weighted by Gasteiger charge is -2.10. The standard InChI is InChI=1S/C18H17F2NO3S2/c1-12-6-2-4-8-14(12)25-11-17(23)24-10-16(22)21-13-7-3-5-9-15(13)26-18(19)20/h2-9,18H,10-11H2,1H3,(H,21,22). The molecule has 0 bridgehead atoms. The maximum absolute atomic E-state index is 12.5. The van der Waals surface area contributed by atoms with Gasteiger partial charge in [-0.05, 0) is 30.7 Å². The number of carbonyl (C=O) groups excluding carboxylic acids is 2. The Hall–Kier alpha value is -2.06. The number of hydrogen-bond acceptors (Lipinski definition) is 5. The Morgan fingerprint density at radius 2 is 1.73 bits per heavy atom. The van der Waals surface area contributed by atoms with Crippen LogP contribution in [-0.2, 0) is 14.3 Å². The molecule has 0 aromatic heterocycles. The number of thioether (sulfide) groups is 2. The number of esters is 1. The van der Waals surface area contributed by atoms with Crippen molar-refractivity contribution in [2.75, 3.05) is 17.7 Å². The van der Waals surface area contributed by atoms with Gasteiger partial charge in [-0.25, -0.2) is 0 Å². The Kier molecular flexibility index (Phi) is 7.93. The van der Waals surface area contributed by atoms with Crippen molar-refractivity contribution in [2.24, 2.45) is 0 Å². The number of halogens is 2. The van der Waals surface area contributed by atoms with Crippen LogP contribution in [0.2, 0.25) is 0 Å². The summed E-state index contributed by atoms with van der Waals surface area (Å²) in [6, 6.07) is 13.8. The Labute approximate surface area is 158 Å². The van der Waals surface area contributed by atoms with Crippen LogP contribution in [0.1, 0.15) is 5.56 Å². The number of nitrogens with one attached hydrogen (secondary N) is 1. The van der Waals surface area contributed by atoms with Gasteiger partial charge in [-0.15, -0.1) is 11.8 Å². The van der Waals surface area contributed by atoms with E-state index in [1.54, 1.807) is 12.1 Å². The Morgan fingerprint density at radius 1 is 1.08 bits per heavy atom. The van der Waals surface area contributed by atoms with E-state index in [0.717, 1.165) is 10.5 Å². The number of benzene rings is 2. The van der Waals surface area contributed by atoms with Crippen molar-refractivity contribution in [1.82, 2.24) is 0 Å². The second-order valence-electron chi connectivity index (χ2n) is 5.14. The predicted octanol–water partition coefficient (Wildman–Crippen LogP) is 4.58. The van der Waals surface area contributed by atoms with Crippen LogP contribution in [0.25, 0.3) is 0 Å². The van der Waals surface area contributed by atoms with Gasteiger partial charge >= 0.3 is 5.97 Å². The second kappa shape index (κ2) is 10.2. The largest absolute Gasteiger partial charge is 0.455 e. The van der Waals surface area contributed by atoms with Crippen LogP contribution in [0.4, 0.5) is 14.5 Å². The quantitative estimate of drug-likeness (QED) is 0.522. The first kappa shape index (κ1) is 20.3. The first-order chi connectivity index (χ1) is 12.5. The summed E-state index contributed by atoms with van der Waals surface area (Å²) in [4.78, 5) is 24.9. The normalized spacial score (nSPS) is 10.6. The van der Waals surface area contributed by atoms with Crippen LogP contribution in [0, 0.1) is 6.92 Å². The van der Waals surface area contributed by atoms with Crippen LogP contribution in [0.3, 0.4) is 0 Å². The summed E-state index contributed by atoms with van der Waals surface area (Å²) in [5, 5.41) is 2.48. The maximum Gasteiger partial charge on any atom is 0.316 e. The van der Waals surface area contributed by atoms with Gasteiger partial charge in [-0.3, -0.25) is 9.59 Å². The number of aryl methyl sites for hydroxylation is 1. The molecule has 1 amide bonds. The van der Waals surface area contributed by atoms with Crippen molar-refractivity contribution in [3.8, 4) is 0 Å². The number of carbonyl (C=O) groups is 2. The van der Waals surface area contributed by atoms with E-state index in [4.69, 9.17) is 4.74 Å². The van der Waals surface area contributed by atoms with Crippen LogP contribution >= 0.6 is 23.5 Å². The molecular formula is C18H17F2NO3S2. The Morgan fingerprint density at radius 3 is 2.42 bits per heavy atom. The van der Waals surface area contributed by atoms with Gasteiger partial charge in [0.15, 0.2) is 6.61 Å². The zero-order chi connectivity index (χ0) is 18.9. The summed E-state index contributed by atoms with van der Waals surface area (Å²) in [5.74, 6) is -3.62. The third-order valence-corrected chi connectivity index (χ3v) is 5.12. The maximum atomic E-state index is 12.5. The van der Waals surface area contributed by atoms with Crippen molar-refractivity contribution in [1.29, 1.82) is 0 Å². The van der Waals surface area contributed by atoms with Gasteiger partial charge in [0.2, 0.25) is 0 Å². The van der Waals surface area contributed by atoms with Gasteiger partial charge in [-0.1, -0.05) is 42.1 Å². The summed E-state index contributed by atoms with van der Waals surface area (Å²) in [6.45, 7) is 1.47. The van der Waals surface area contributed by atoms with E-state index in [0.29, 0.717) is 11.8 Å². The van der Waals surface area contributed by atoms with Crippen molar-refractivity contribution in [3.05, 3.63) is 54.1 Å². The molecule has 2 rings (SSSR count). The highest BCUT2D eigenvalue weighted by Gasteiger charge is 2.13. The molecule has 0 unspecified atom stereocenters. The highest BCUT2D eigenvalue weighted by atomic mass is 32.2. The topological polar surface area (TPSA) is 55.4 Å². The average molecular weight is 397 g/mol. The number of anilines is 1. The summed E-state index contributed by atoms with van der Waals surface area (Å²) in [7, 11) is 0. The SMILES string of the molecule is Cc1ccccc1SCC(=O)OCC(=O)Nc1ccccc1SC(F)F. The molecule has 0 spiro atoms. The number of rotatable bonds is 8. The Bertz CT molecular complexity index is 772. The third-order valence-electron chi connectivity index (χ3n) is 3.18. The highest BCUT2D eigenvalue weighted by Crippen LogP contribution is 2.31. The van der Waals surface area contributed by atoms with Crippen LogP contribution in [-0.4, -0.2) is 30.0 Å². The molecule has 0 saturated heterocycles. The minimum atomic E-state index is -2.59. The van der Waals surface area contributed by atoms with Crippen molar-refractivity contribution < 1.29 is 23.1 Å². The van der Waals surface area contributed by atoms with E-state index in [9.17, 15) is 18.4 Å².